The fraction of sp³-hybridized carbons (Fsp3) is 0.577. The minimum Gasteiger partial charge on any atom is -0.494 e. The molecule has 8 nitrogen and oxygen atoms in total. The molecular weight excluding hydrogens is 430 g/mol. The van der Waals surface area contributed by atoms with Crippen LogP contribution in [0.3, 0.4) is 0 Å². The minimum atomic E-state index is 0.0251. The average Bonchev–Trinajstić information content (AvgIpc) is 3.09. The summed E-state index contributed by atoms with van der Waals surface area (Å²) in [4.78, 5) is 0. The monoisotopic (exact) mass is 467 g/mol. The lowest BCUT2D eigenvalue weighted by Crippen LogP contribution is -2.44. The molecule has 1 aliphatic heterocycles. The molecule has 0 bridgehead atoms. The number of aromatic nitrogens is 4. The molecule has 34 heavy (non-hydrogen) atoms. The highest BCUT2D eigenvalue weighted by atomic mass is 16.5. The largest absolute Gasteiger partial charge is 0.494 e. The first-order valence-electron chi connectivity index (χ1n) is 12.1. The number of rotatable bonds is 9. The standard InChI is InChI=1S/C26H37N5O3/c1-7-10-33-21-13-19(12-20(14-21)25(3,4)5)8-9-30-24(27)31-23(29-30)18(2)11-22(28-31)34-17-26(6)15-32-16-26/h11-14,27H,7-10,15-17H2,1-6H3. The van der Waals surface area contributed by atoms with Crippen molar-refractivity contribution in [1.29, 1.82) is 5.41 Å². The molecule has 1 N–H and O–H groups in total. The number of hydrogen-bond donors (Lipinski definition) is 1. The van der Waals surface area contributed by atoms with Crippen molar-refractivity contribution < 1.29 is 14.2 Å². The van der Waals surface area contributed by atoms with Crippen molar-refractivity contribution in [3.8, 4) is 11.6 Å². The number of fused-ring (bicyclic) bond motifs is 1. The Balaban J connectivity index is 1.55. The lowest BCUT2D eigenvalue weighted by molar-refractivity contribution is -0.120. The molecule has 1 fully saturated rings. The topological polar surface area (TPSA) is 86.7 Å². The van der Waals surface area contributed by atoms with Crippen LogP contribution in [-0.2, 0) is 23.1 Å². The highest BCUT2D eigenvalue weighted by Gasteiger charge is 2.34. The van der Waals surface area contributed by atoms with Crippen LogP contribution >= 0.6 is 0 Å². The third-order valence-electron chi connectivity index (χ3n) is 6.14. The summed E-state index contributed by atoms with van der Waals surface area (Å²) in [6, 6.07) is 8.36. The predicted octanol–water partition coefficient (Wildman–Crippen LogP) is 4.06. The van der Waals surface area contributed by atoms with Gasteiger partial charge in [-0.1, -0.05) is 40.7 Å². The van der Waals surface area contributed by atoms with Gasteiger partial charge in [0, 0.05) is 23.6 Å². The van der Waals surface area contributed by atoms with Gasteiger partial charge in [-0.2, -0.15) is 4.52 Å². The van der Waals surface area contributed by atoms with Gasteiger partial charge in [-0.25, -0.2) is 4.68 Å². The fourth-order valence-corrected chi connectivity index (χ4v) is 3.92. The number of aryl methyl sites for hydroxylation is 3. The first kappa shape index (κ1) is 24.3. The van der Waals surface area contributed by atoms with Crippen molar-refractivity contribution in [2.75, 3.05) is 26.4 Å². The molecule has 0 unspecified atom stereocenters. The third-order valence-corrected chi connectivity index (χ3v) is 6.14. The Bertz CT molecular complexity index is 1220. The number of nitrogens with one attached hydrogen (secondary N) is 1. The number of nitrogens with zero attached hydrogens (tertiary/aromatic N) is 4. The fourth-order valence-electron chi connectivity index (χ4n) is 3.92. The molecule has 3 aromatic rings. The summed E-state index contributed by atoms with van der Waals surface area (Å²) >= 11 is 0. The molecular formula is C26H37N5O3. The van der Waals surface area contributed by atoms with Crippen LogP contribution in [0, 0.1) is 17.7 Å². The SMILES string of the molecule is CCCOc1cc(CCn2nc3c(C)cc(OCC4(C)COC4)nn3c2=N)cc(C(C)(C)C)c1. The van der Waals surface area contributed by atoms with Crippen LogP contribution in [0.4, 0.5) is 0 Å². The Morgan fingerprint density at radius 2 is 1.88 bits per heavy atom. The predicted molar refractivity (Wildman–Crippen MR) is 131 cm³/mol. The molecule has 0 spiro atoms. The van der Waals surface area contributed by atoms with Gasteiger partial charge in [-0.3, -0.25) is 5.41 Å². The third kappa shape index (κ3) is 5.27. The zero-order chi connectivity index (χ0) is 24.5. The Kier molecular flexibility index (Phi) is 6.71. The van der Waals surface area contributed by atoms with E-state index in [2.05, 4.69) is 63.0 Å². The summed E-state index contributed by atoms with van der Waals surface area (Å²) in [7, 11) is 0. The molecule has 8 heteroatoms. The second kappa shape index (κ2) is 9.41. The van der Waals surface area contributed by atoms with Crippen molar-refractivity contribution in [1.82, 2.24) is 19.4 Å². The summed E-state index contributed by atoms with van der Waals surface area (Å²) in [6.45, 7) is 16.1. The highest BCUT2D eigenvalue weighted by Crippen LogP contribution is 2.29. The zero-order valence-electron chi connectivity index (χ0n) is 21.3. The molecule has 3 heterocycles. The van der Waals surface area contributed by atoms with Gasteiger partial charge >= 0.3 is 0 Å². The first-order valence-corrected chi connectivity index (χ1v) is 12.1. The summed E-state index contributed by atoms with van der Waals surface area (Å²) in [6.07, 6.45) is 1.72. The van der Waals surface area contributed by atoms with Gasteiger partial charge in [0.1, 0.15) is 5.75 Å². The minimum absolute atomic E-state index is 0.0251. The molecule has 0 saturated carbocycles. The van der Waals surface area contributed by atoms with E-state index in [1.54, 1.807) is 9.20 Å². The van der Waals surface area contributed by atoms with Gasteiger partial charge < -0.3 is 14.2 Å². The van der Waals surface area contributed by atoms with E-state index in [0.717, 1.165) is 24.2 Å². The van der Waals surface area contributed by atoms with Crippen LogP contribution in [-0.4, -0.2) is 45.8 Å². The molecule has 0 amide bonds. The van der Waals surface area contributed by atoms with Crippen LogP contribution < -0.4 is 15.1 Å². The first-order chi connectivity index (χ1) is 16.1. The van der Waals surface area contributed by atoms with Gasteiger partial charge in [0.25, 0.3) is 0 Å². The second-order valence-electron chi connectivity index (χ2n) is 10.8. The van der Waals surface area contributed by atoms with Gasteiger partial charge in [-0.15, -0.1) is 10.2 Å². The molecule has 0 aliphatic carbocycles. The number of benzene rings is 1. The van der Waals surface area contributed by atoms with E-state index in [9.17, 15) is 0 Å². The van der Waals surface area contributed by atoms with E-state index in [1.165, 1.54) is 11.1 Å². The van der Waals surface area contributed by atoms with E-state index >= 15 is 0 Å². The van der Waals surface area contributed by atoms with Crippen LogP contribution in [0.2, 0.25) is 0 Å². The average molecular weight is 468 g/mol. The normalized spacial score (nSPS) is 15.4. The van der Waals surface area contributed by atoms with E-state index in [0.29, 0.717) is 44.5 Å². The van der Waals surface area contributed by atoms with Crippen molar-refractivity contribution in [3.63, 3.8) is 0 Å². The lowest BCUT2D eigenvalue weighted by atomic mass is 9.85. The van der Waals surface area contributed by atoms with Gasteiger partial charge in [-0.05, 0) is 48.4 Å². The molecule has 0 radical (unpaired) electrons. The van der Waals surface area contributed by atoms with Gasteiger partial charge in [0.05, 0.1) is 26.4 Å². The van der Waals surface area contributed by atoms with Crippen LogP contribution in [0.15, 0.2) is 24.3 Å². The molecule has 4 rings (SSSR count). The maximum atomic E-state index is 8.66. The van der Waals surface area contributed by atoms with Crippen molar-refractivity contribution in [3.05, 3.63) is 46.6 Å². The van der Waals surface area contributed by atoms with Crippen LogP contribution in [0.25, 0.3) is 5.65 Å². The highest BCUT2D eigenvalue weighted by molar-refractivity contribution is 5.46. The lowest BCUT2D eigenvalue weighted by Gasteiger charge is -2.37. The second-order valence-corrected chi connectivity index (χ2v) is 10.8. The zero-order valence-corrected chi connectivity index (χ0v) is 21.3. The number of hydrogen-bond acceptors (Lipinski definition) is 6. The maximum Gasteiger partial charge on any atom is 0.242 e. The molecule has 0 atom stereocenters. The number of ether oxygens (including phenoxy) is 3. The summed E-state index contributed by atoms with van der Waals surface area (Å²) in [5, 5.41) is 17.9. The van der Waals surface area contributed by atoms with Gasteiger partial charge in [0.2, 0.25) is 11.5 Å². The summed E-state index contributed by atoms with van der Waals surface area (Å²) in [5.74, 6) is 1.41. The van der Waals surface area contributed by atoms with Crippen LogP contribution in [0.1, 0.15) is 57.7 Å². The van der Waals surface area contributed by atoms with Gasteiger partial charge in [0.15, 0.2) is 5.65 Å². The Hall–Kier alpha value is -2.87. The van der Waals surface area contributed by atoms with Crippen molar-refractivity contribution in [2.24, 2.45) is 5.41 Å². The summed E-state index contributed by atoms with van der Waals surface area (Å²) < 4.78 is 20.5. The smallest absolute Gasteiger partial charge is 0.242 e. The van der Waals surface area contributed by atoms with Crippen molar-refractivity contribution in [2.45, 2.75) is 66.3 Å². The van der Waals surface area contributed by atoms with E-state index in [-0.39, 0.29) is 16.4 Å². The van der Waals surface area contributed by atoms with E-state index in [1.807, 2.05) is 13.0 Å². The van der Waals surface area contributed by atoms with Crippen LogP contribution in [0.5, 0.6) is 11.6 Å². The molecule has 184 valence electrons. The molecule has 2 aromatic heterocycles. The molecule has 1 aliphatic rings. The van der Waals surface area contributed by atoms with E-state index in [4.69, 9.17) is 19.6 Å². The van der Waals surface area contributed by atoms with Crippen molar-refractivity contribution >= 4 is 5.65 Å². The Labute approximate surface area is 201 Å². The quantitative estimate of drug-likeness (QED) is 0.513. The molecule has 1 saturated heterocycles. The maximum absolute atomic E-state index is 8.66. The Morgan fingerprint density at radius 3 is 2.53 bits per heavy atom. The molecule has 1 aromatic carbocycles. The Morgan fingerprint density at radius 1 is 1.12 bits per heavy atom. The van der Waals surface area contributed by atoms with E-state index < -0.39 is 0 Å². The summed E-state index contributed by atoms with van der Waals surface area (Å²) in [5.41, 5.74) is 4.31.